The van der Waals surface area contributed by atoms with Crippen LogP contribution in [0, 0.1) is 5.82 Å². The Balaban J connectivity index is 1.74. The van der Waals surface area contributed by atoms with E-state index in [4.69, 9.17) is 0 Å². The molecule has 1 aliphatic rings. The van der Waals surface area contributed by atoms with Crippen LogP contribution in [0.5, 0.6) is 0 Å². The summed E-state index contributed by atoms with van der Waals surface area (Å²) in [5.74, 6) is -0.635. The normalized spacial score (nSPS) is 16.8. The first kappa shape index (κ1) is 17.9. The fourth-order valence-electron chi connectivity index (χ4n) is 3.28. The van der Waals surface area contributed by atoms with E-state index in [0.717, 1.165) is 24.9 Å². The van der Waals surface area contributed by atoms with Crippen LogP contribution in [0.15, 0.2) is 48.5 Å². The molecule has 136 valence electrons. The Bertz CT molecular complexity index is 809. The molecule has 0 bridgehead atoms. The van der Waals surface area contributed by atoms with Gasteiger partial charge in [0.25, 0.3) is 5.91 Å². The molecule has 3 amide bonds. The minimum absolute atomic E-state index is 0.0804. The highest BCUT2D eigenvalue weighted by atomic mass is 19.1. The number of anilines is 1. The number of halogens is 1. The van der Waals surface area contributed by atoms with Crippen molar-refractivity contribution < 1.29 is 14.0 Å². The SMILES string of the molecule is CNC(=O)N1CCC[C@@H](c2cccc(C(=O)Nc3ccccc3F)c2)C1. The predicted molar refractivity (Wildman–Crippen MR) is 98.8 cm³/mol. The Hall–Kier alpha value is -2.89. The van der Waals surface area contributed by atoms with Crippen LogP contribution >= 0.6 is 0 Å². The van der Waals surface area contributed by atoms with Gasteiger partial charge in [-0.2, -0.15) is 0 Å². The minimum Gasteiger partial charge on any atom is -0.341 e. The molecule has 0 spiro atoms. The largest absolute Gasteiger partial charge is 0.341 e. The van der Waals surface area contributed by atoms with Gasteiger partial charge in [-0.1, -0.05) is 24.3 Å². The molecule has 1 fully saturated rings. The summed E-state index contributed by atoms with van der Waals surface area (Å²) in [6.45, 7) is 1.36. The molecule has 0 radical (unpaired) electrons. The fraction of sp³-hybridized carbons (Fsp3) is 0.300. The van der Waals surface area contributed by atoms with Crippen LogP contribution in [0.1, 0.15) is 34.7 Å². The van der Waals surface area contributed by atoms with E-state index in [-0.39, 0.29) is 23.5 Å². The van der Waals surface area contributed by atoms with Gasteiger partial charge in [-0.25, -0.2) is 9.18 Å². The maximum absolute atomic E-state index is 13.7. The number of likely N-dealkylation sites (tertiary alicyclic amines) is 1. The number of rotatable bonds is 3. The average Bonchev–Trinajstić information content (AvgIpc) is 2.69. The summed E-state index contributed by atoms with van der Waals surface area (Å²) in [5.41, 5.74) is 1.65. The summed E-state index contributed by atoms with van der Waals surface area (Å²) in [5, 5.41) is 5.26. The standard InChI is InChI=1S/C20H22FN3O2/c1-22-20(26)24-11-5-8-16(13-24)14-6-4-7-15(12-14)19(25)23-18-10-3-2-9-17(18)21/h2-4,6-7,9-10,12,16H,5,8,11,13H2,1H3,(H,22,26)(H,23,25)/t16-/m1/s1. The van der Waals surface area contributed by atoms with Crippen molar-refractivity contribution in [3.8, 4) is 0 Å². The lowest BCUT2D eigenvalue weighted by Crippen LogP contribution is -2.43. The quantitative estimate of drug-likeness (QED) is 0.884. The van der Waals surface area contributed by atoms with E-state index in [1.54, 1.807) is 30.1 Å². The van der Waals surface area contributed by atoms with Gasteiger partial charge in [0.2, 0.25) is 0 Å². The zero-order valence-corrected chi connectivity index (χ0v) is 14.7. The molecule has 5 nitrogen and oxygen atoms in total. The summed E-state index contributed by atoms with van der Waals surface area (Å²) >= 11 is 0. The molecule has 3 rings (SSSR count). The Morgan fingerprint density at radius 2 is 1.96 bits per heavy atom. The van der Waals surface area contributed by atoms with Gasteiger partial charge in [0.1, 0.15) is 5.82 Å². The Morgan fingerprint density at radius 3 is 2.73 bits per heavy atom. The molecule has 0 aliphatic carbocycles. The van der Waals surface area contributed by atoms with E-state index in [1.807, 2.05) is 18.2 Å². The number of piperidine rings is 1. The molecule has 0 saturated carbocycles. The molecule has 26 heavy (non-hydrogen) atoms. The maximum Gasteiger partial charge on any atom is 0.317 e. The van der Waals surface area contributed by atoms with Gasteiger partial charge < -0.3 is 15.5 Å². The Labute approximate surface area is 152 Å². The van der Waals surface area contributed by atoms with E-state index in [9.17, 15) is 14.0 Å². The van der Waals surface area contributed by atoms with Crippen molar-refractivity contribution in [3.63, 3.8) is 0 Å². The van der Waals surface area contributed by atoms with Gasteiger partial charge in [0.15, 0.2) is 0 Å². The molecule has 2 N–H and O–H groups in total. The summed E-state index contributed by atoms with van der Waals surface area (Å²) in [6.07, 6.45) is 1.88. The molecule has 1 atom stereocenters. The monoisotopic (exact) mass is 355 g/mol. The van der Waals surface area contributed by atoms with Crippen molar-refractivity contribution in [1.82, 2.24) is 10.2 Å². The van der Waals surface area contributed by atoms with Crippen molar-refractivity contribution in [2.75, 3.05) is 25.5 Å². The summed E-state index contributed by atoms with van der Waals surface area (Å²) in [7, 11) is 1.62. The number of benzene rings is 2. The Morgan fingerprint density at radius 1 is 1.15 bits per heavy atom. The molecule has 1 aliphatic heterocycles. The predicted octanol–water partition coefficient (Wildman–Crippen LogP) is 3.60. The first-order valence-electron chi connectivity index (χ1n) is 8.71. The highest BCUT2D eigenvalue weighted by Gasteiger charge is 2.24. The van der Waals surface area contributed by atoms with Crippen LogP contribution in [-0.2, 0) is 0 Å². The van der Waals surface area contributed by atoms with Crippen LogP contribution in [-0.4, -0.2) is 37.0 Å². The number of para-hydroxylation sites is 1. The third-order valence-electron chi connectivity index (χ3n) is 4.66. The van der Waals surface area contributed by atoms with Gasteiger partial charge in [-0.3, -0.25) is 4.79 Å². The van der Waals surface area contributed by atoms with Crippen molar-refractivity contribution in [2.45, 2.75) is 18.8 Å². The maximum atomic E-state index is 13.7. The van der Waals surface area contributed by atoms with Crippen molar-refractivity contribution in [3.05, 3.63) is 65.5 Å². The number of amides is 3. The second-order valence-corrected chi connectivity index (χ2v) is 6.40. The van der Waals surface area contributed by atoms with Crippen molar-refractivity contribution in [1.29, 1.82) is 0 Å². The molecule has 1 saturated heterocycles. The van der Waals surface area contributed by atoms with E-state index in [0.29, 0.717) is 12.1 Å². The number of hydrogen-bond donors (Lipinski definition) is 2. The minimum atomic E-state index is -0.467. The molecule has 6 heteroatoms. The molecule has 0 aromatic heterocycles. The highest BCUT2D eigenvalue weighted by Crippen LogP contribution is 2.27. The topological polar surface area (TPSA) is 61.4 Å². The lowest BCUT2D eigenvalue weighted by Gasteiger charge is -2.32. The first-order chi connectivity index (χ1) is 12.6. The highest BCUT2D eigenvalue weighted by molar-refractivity contribution is 6.04. The van der Waals surface area contributed by atoms with Crippen LogP contribution in [0.4, 0.5) is 14.9 Å². The molecule has 1 heterocycles. The second-order valence-electron chi connectivity index (χ2n) is 6.40. The molecule has 2 aromatic carbocycles. The Kier molecular flexibility index (Phi) is 5.51. The third-order valence-corrected chi connectivity index (χ3v) is 4.66. The third kappa shape index (κ3) is 4.02. The fourth-order valence-corrected chi connectivity index (χ4v) is 3.28. The van der Waals surface area contributed by atoms with Crippen molar-refractivity contribution >= 4 is 17.6 Å². The van der Waals surface area contributed by atoms with Crippen LogP contribution in [0.25, 0.3) is 0 Å². The number of nitrogens with one attached hydrogen (secondary N) is 2. The van der Waals surface area contributed by atoms with Gasteiger partial charge in [-0.15, -0.1) is 0 Å². The smallest absolute Gasteiger partial charge is 0.317 e. The summed E-state index contributed by atoms with van der Waals surface area (Å²) in [4.78, 5) is 26.1. The number of hydrogen-bond acceptors (Lipinski definition) is 2. The van der Waals surface area contributed by atoms with E-state index < -0.39 is 5.82 Å². The number of nitrogens with zero attached hydrogens (tertiary/aromatic N) is 1. The number of urea groups is 1. The van der Waals surface area contributed by atoms with Gasteiger partial charge >= 0.3 is 6.03 Å². The second kappa shape index (κ2) is 7.99. The van der Waals surface area contributed by atoms with Crippen LogP contribution in [0.3, 0.4) is 0 Å². The lowest BCUT2D eigenvalue weighted by atomic mass is 9.89. The average molecular weight is 355 g/mol. The van der Waals surface area contributed by atoms with E-state index in [1.165, 1.54) is 12.1 Å². The lowest BCUT2D eigenvalue weighted by molar-refractivity contribution is 0.102. The zero-order valence-electron chi connectivity index (χ0n) is 14.7. The molecule has 0 unspecified atom stereocenters. The van der Waals surface area contributed by atoms with Crippen LogP contribution < -0.4 is 10.6 Å². The van der Waals surface area contributed by atoms with E-state index >= 15 is 0 Å². The van der Waals surface area contributed by atoms with Crippen molar-refractivity contribution in [2.24, 2.45) is 0 Å². The molecular weight excluding hydrogens is 333 g/mol. The number of carbonyl (C=O) groups excluding carboxylic acids is 2. The molecule has 2 aromatic rings. The van der Waals surface area contributed by atoms with Crippen LogP contribution in [0.2, 0.25) is 0 Å². The first-order valence-corrected chi connectivity index (χ1v) is 8.71. The van der Waals surface area contributed by atoms with Gasteiger partial charge in [0.05, 0.1) is 5.69 Å². The summed E-state index contributed by atoms with van der Waals surface area (Å²) in [6, 6.07) is 13.3. The summed E-state index contributed by atoms with van der Waals surface area (Å²) < 4.78 is 13.7. The molecular formula is C20H22FN3O2. The van der Waals surface area contributed by atoms with Gasteiger partial charge in [-0.05, 0) is 42.7 Å². The zero-order chi connectivity index (χ0) is 18.5. The van der Waals surface area contributed by atoms with Gasteiger partial charge in [0, 0.05) is 31.6 Å². The number of carbonyl (C=O) groups is 2. The van der Waals surface area contributed by atoms with E-state index in [2.05, 4.69) is 10.6 Å².